The molecule has 2 atom stereocenters. The molecule has 1 aliphatic carbocycles. The van der Waals surface area contributed by atoms with Crippen molar-refractivity contribution in [3.05, 3.63) is 28.7 Å². The van der Waals surface area contributed by atoms with Crippen LogP contribution < -0.4 is 16.1 Å². The van der Waals surface area contributed by atoms with Crippen LogP contribution in [0.1, 0.15) is 19.3 Å². The van der Waals surface area contributed by atoms with Crippen LogP contribution in [0, 0.1) is 0 Å². The van der Waals surface area contributed by atoms with E-state index in [4.69, 9.17) is 5.73 Å². The summed E-state index contributed by atoms with van der Waals surface area (Å²) >= 11 is 0. The van der Waals surface area contributed by atoms with E-state index in [-0.39, 0.29) is 22.7 Å². The van der Waals surface area contributed by atoms with Gasteiger partial charge in [-0.3, -0.25) is 0 Å². The maximum atomic E-state index is 12.3. The van der Waals surface area contributed by atoms with E-state index in [1.807, 2.05) is 0 Å². The molecule has 1 aromatic heterocycles. The van der Waals surface area contributed by atoms with Gasteiger partial charge in [-0.1, -0.05) is 6.42 Å². The predicted molar refractivity (Wildman–Crippen MR) is 74.9 cm³/mol. The molecule has 108 valence electrons. The van der Waals surface area contributed by atoms with Crippen LogP contribution in [0.25, 0.3) is 11.0 Å². The number of nitrogens with one attached hydrogen (secondary N) is 3. The molecule has 0 saturated heterocycles. The summed E-state index contributed by atoms with van der Waals surface area (Å²) in [5, 5.41) is 0. The van der Waals surface area contributed by atoms with Gasteiger partial charge >= 0.3 is 5.69 Å². The quantitative estimate of drug-likeness (QED) is 0.637. The molecular formula is C12H16N4O3S. The number of H-pyrrole nitrogens is 2. The van der Waals surface area contributed by atoms with E-state index in [0.717, 1.165) is 19.3 Å². The second kappa shape index (κ2) is 4.72. The molecule has 5 N–H and O–H groups in total. The minimum absolute atomic E-state index is 0.124. The molecule has 1 fully saturated rings. The lowest BCUT2D eigenvalue weighted by molar-refractivity contribution is 0.522. The second-order valence-corrected chi connectivity index (χ2v) is 6.82. The van der Waals surface area contributed by atoms with Crippen molar-refractivity contribution in [2.24, 2.45) is 5.73 Å². The molecule has 0 spiro atoms. The smallest absolute Gasteiger partial charge is 0.323 e. The summed E-state index contributed by atoms with van der Waals surface area (Å²) in [5.41, 5.74) is 6.56. The Labute approximate surface area is 115 Å². The summed E-state index contributed by atoms with van der Waals surface area (Å²) in [6.07, 6.45) is 2.51. The Morgan fingerprint density at radius 2 is 1.95 bits per heavy atom. The lowest BCUT2D eigenvalue weighted by Gasteiger charge is -2.17. The van der Waals surface area contributed by atoms with Gasteiger partial charge < -0.3 is 15.7 Å². The van der Waals surface area contributed by atoms with Crippen molar-refractivity contribution in [3.8, 4) is 0 Å². The normalized spacial score (nSPS) is 23.4. The van der Waals surface area contributed by atoms with E-state index in [1.165, 1.54) is 12.1 Å². The average molecular weight is 296 g/mol. The topological polar surface area (TPSA) is 121 Å². The van der Waals surface area contributed by atoms with E-state index in [1.54, 1.807) is 6.07 Å². The highest BCUT2D eigenvalue weighted by Gasteiger charge is 2.28. The fourth-order valence-corrected chi connectivity index (χ4v) is 3.93. The van der Waals surface area contributed by atoms with Crippen LogP contribution in [-0.4, -0.2) is 30.5 Å². The Bertz CT molecular complexity index is 792. The molecule has 0 amide bonds. The number of hydrogen-bond donors (Lipinski definition) is 4. The number of hydrogen-bond acceptors (Lipinski definition) is 4. The Morgan fingerprint density at radius 1 is 1.20 bits per heavy atom. The van der Waals surface area contributed by atoms with E-state index < -0.39 is 10.0 Å². The lowest BCUT2D eigenvalue weighted by atomic mass is 10.2. The van der Waals surface area contributed by atoms with Crippen molar-refractivity contribution >= 4 is 21.1 Å². The van der Waals surface area contributed by atoms with Crippen molar-refractivity contribution in [1.82, 2.24) is 14.7 Å². The van der Waals surface area contributed by atoms with E-state index in [2.05, 4.69) is 14.7 Å². The van der Waals surface area contributed by atoms with Gasteiger partial charge in [-0.25, -0.2) is 17.9 Å². The molecule has 8 heteroatoms. The molecule has 1 heterocycles. The summed E-state index contributed by atoms with van der Waals surface area (Å²) < 4.78 is 27.3. The number of aromatic nitrogens is 2. The molecular weight excluding hydrogens is 280 g/mol. The van der Waals surface area contributed by atoms with Crippen molar-refractivity contribution in [2.45, 2.75) is 36.2 Å². The third-order valence-corrected chi connectivity index (χ3v) is 5.16. The highest BCUT2D eigenvalue weighted by molar-refractivity contribution is 7.89. The number of rotatable bonds is 3. The number of imidazole rings is 1. The SMILES string of the molecule is NC1CCCC1NS(=O)(=O)c1ccc2[nH]c(=O)[nH]c2c1. The third kappa shape index (κ3) is 2.37. The van der Waals surface area contributed by atoms with Gasteiger partial charge in [-0.05, 0) is 31.0 Å². The van der Waals surface area contributed by atoms with Gasteiger partial charge in [-0.2, -0.15) is 0 Å². The summed E-state index contributed by atoms with van der Waals surface area (Å²) in [7, 11) is -3.62. The molecule has 1 aliphatic rings. The molecule has 2 aromatic rings. The first-order valence-electron chi connectivity index (χ1n) is 6.46. The zero-order chi connectivity index (χ0) is 14.3. The molecule has 7 nitrogen and oxygen atoms in total. The minimum atomic E-state index is -3.62. The largest absolute Gasteiger partial charge is 0.326 e. The maximum Gasteiger partial charge on any atom is 0.323 e. The Hall–Kier alpha value is -1.64. The van der Waals surface area contributed by atoms with E-state index >= 15 is 0 Å². The van der Waals surface area contributed by atoms with Crippen molar-refractivity contribution in [1.29, 1.82) is 0 Å². The highest BCUT2D eigenvalue weighted by atomic mass is 32.2. The standard InChI is InChI=1S/C12H16N4O3S/c13-8-2-1-3-9(8)16-20(18,19)7-4-5-10-11(6-7)15-12(17)14-10/h4-6,8-9,16H,1-3,13H2,(H2,14,15,17). The monoisotopic (exact) mass is 296 g/mol. The zero-order valence-electron chi connectivity index (χ0n) is 10.7. The zero-order valence-corrected chi connectivity index (χ0v) is 11.5. The molecule has 0 bridgehead atoms. The summed E-state index contributed by atoms with van der Waals surface area (Å²) in [6, 6.07) is 4.11. The predicted octanol–water partition coefficient (Wildman–Crippen LogP) is 0.0143. The Kier molecular flexibility index (Phi) is 3.15. The number of fused-ring (bicyclic) bond motifs is 1. The van der Waals surface area contributed by atoms with Crippen LogP contribution in [0.4, 0.5) is 0 Å². The second-order valence-electron chi connectivity index (χ2n) is 5.11. The molecule has 0 aliphatic heterocycles. The maximum absolute atomic E-state index is 12.3. The van der Waals surface area contributed by atoms with E-state index in [9.17, 15) is 13.2 Å². The summed E-state index contributed by atoms with van der Waals surface area (Å²) in [6.45, 7) is 0. The van der Waals surface area contributed by atoms with Gasteiger partial charge in [0.25, 0.3) is 0 Å². The van der Waals surface area contributed by atoms with Gasteiger partial charge in [0.1, 0.15) is 0 Å². The molecule has 1 aromatic carbocycles. The van der Waals surface area contributed by atoms with Crippen LogP contribution in [0.2, 0.25) is 0 Å². The minimum Gasteiger partial charge on any atom is -0.326 e. The van der Waals surface area contributed by atoms with Gasteiger partial charge in [0, 0.05) is 12.1 Å². The van der Waals surface area contributed by atoms with Crippen molar-refractivity contribution < 1.29 is 8.42 Å². The van der Waals surface area contributed by atoms with Crippen molar-refractivity contribution in [3.63, 3.8) is 0 Å². The Morgan fingerprint density at radius 3 is 2.65 bits per heavy atom. The van der Waals surface area contributed by atoms with Crippen LogP contribution in [0.3, 0.4) is 0 Å². The van der Waals surface area contributed by atoms with E-state index in [0.29, 0.717) is 11.0 Å². The Balaban J connectivity index is 1.93. The number of nitrogens with two attached hydrogens (primary N) is 1. The summed E-state index contributed by atoms with van der Waals surface area (Å²) in [5.74, 6) is 0. The van der Waals surface area contributed by atoms with Gasteiger partial charge in [0.2, 0.25) is 10.0 Å². The van der Waals surface area contributed by atoms with Crippen LogP contribution >= 0.6 is 0 Å². The average Bonchev–Trinajstić information content (AvgIpc) is 2.93. The molecule has 3 rings (SSSR count). The van der Waals surface area contributed by atoms with Gasteiger partial charge in [0.05, 0.1) is 15.9 Å². The first kappa shape index (κ1) is 13.3. The van der Waals surface area contributed by atoms with Crippen LogP contribution in [0.5, 0.6) is 0 Å². The fourth-order valence-electron chi connectivity index (χ4n) is 2.58. The molecule has 0 radical (unpaired) electrons. The number of benzene rings is 1. The van der Waals surface area contributed by atoms with Crippen LogP contribution in [-0.2, 0) is 10.0 Å². The molecule has 20 heavy (non-hydrogen) atoms. The molecule has 2 unspecified atom stereocenters. The number of sulfonamides is 1. The van der Waals surface area contributed by atoms with Crippen molar-refractivity contribution in [2.75, 3.05) is 0 Å². The first-order valence-corrected chi connectivity index (χ1v) is 7.94. The first-order chi connectivity index (χ1) is 9.45. The van der Waals surface area contributed by atoms with Gasteiger partial charge in [0.15, 0.2) is 0 Å². The lowest BCUT2D eigenvalue weighted by Crippen LogP contribution is -2.43. The highest BCUT2D eigenvalue weighted by Crippen LogP contribution is 2.21. The fraction of sp³-hybridized carbons (Fsp3) is 0.417. The van der Waals surface area contributed by atoms with Crippen LogP contribution in [0.15, 0.2) is 27.9 Å². The molecule has 1 saturated carbocycles. The third-order valence-electron chi connectivity index (χ3n) is 3.67. The summed E-state index contributed by atoms with van der Waals surface area (Å²) in [4.78, 5) is 16.4. The van der Waals surface area contributed by atoms with Gasteiger partial charge in [-0.15, -0.1) is 0 Å². The number of aromatic amines is 2.